The highest BCUT2D eigenvalue weighted by Crippen LogP contribution is 2.05. The van der Waals surface area contributed by atoms with Gasteiger partial charge in [-0.1, -0.05) is 57.2 Å². The number of hydrogen-bond acceptors (Lipinski definition) is 3. The van der Waals surface area contributed by atoms with Gasteiger partial charge >= 0.3 is 6.09 Å². The summed E-state index contributed by atoms with van der Waals surface area (Å²) in [5, 5.41) is 4.75. The van der Waals surface area contributed by atoms with Crippen molar-refractivity contribution in [2.75, 3.05) is 6.61 Å². The molecule has 0 radical (unpaired) electrons. The van der Waals surface area contributed by atoms with Crippen LogP contribution in [0.5, 0.6) is 0 Å². The molecule has 5 nitrogen and oxygen atoms in total. The first-order chi connectivity index (χ1) is 11.8. The maximum absolute atomic E-state index is 11.7. The number of nitrogens with zero attached hydrogens (tertiary/aromatic N) is 3. The third-order valence-corrected chi connectivity index (χ3v) is 3.67. The molecule has 0 saturated carbocycles. The SMILES string of the molecule is CCCCCCCCOC(=O)/N=c1\ccn(-c2ccccc2)nc1. The van der Waals surface area contributed by atoms with E-state index in [1.165, 1.54) is 25.7 Å². The predicted molar refractivity (Wildman–Crippen MR) is 93.9 cm³/mol. The zero-order valence-corrected chi connectivity index (χ0v) is 14.2. The molecular formula is C19H25N3O2. The number of unbranched alkanes of at least 4 members (excludes halogenated alkanes) is 5. The van der Waals surface area contributed by atoms with Crippen LogP contribution in [0.15, 0.2) is 53.8 Å². The molecule has 0 spiro atoms. The fourth-order valence-electron chi connectivity index (χ4n) is 2.33. The van der Waals surface area contributed by atoms with Crippen LogP contribution in [-0.2, 0) is 4.74 Å². The Morgan fingerprint density at radius 1 is 1.08 bits per heavy atom. The van der Waals surface area contributed by atoms with Crippen LogP contribution in [0.3, 0.4) is 0 Å². The molecule has 0 aliphatic rings. The molecule has 128 valence electrons. The van der Waals surface area contributed by atoms with E-state index in [9.17, 15) is 4.79 Å². The number of rotatable bonds is 8. The zero-order chi connectivity index (χ0) is 17.0. The van der Waals surface area contributed by atoms with Gasteiger partial charge < -0.3 is 4.74 Å². The van der Waals surface area contributed by atoms with Gasteiger partial charge in [0, 0.05) is 6.20 Å². The van der Waals surface area contributed by atoms with Gasteiger partial charge in [-0.05, 0) is 24.6 Å². The Kier molecular flexibility index (Phi) is 7.74. The van der Waals surface area contributed by atoms with Crippen molar-refractivity contribution >= 4 is 6.09 Å². The van der Waals surface area contributed by atoms with Crippen LogP contribution in [0, 0.1) is 0 Å². The minimum absolute atomic E-state index is 0.429. The average Bonchev–Trinajstić information content (AvgIpc) is 2.62. The second-order valence-corrected chi connectivity index (χ2v) is 5.66. The number of amides is 1. The molecule has 2 aromatic rings. The van der Waals surface area contributed by atoms with E-state index in [1.54, 1.807) is 23.1 Å². The van der Waals surface area contributed by atoms with Crippen molar-refractivity contribution in [3.05, 3.63) is 54.1 Å². The molecule has 24 heavy (non-hydrogen) atoms. The Labute approximate surface area is 143 Å². The molecule has 0 saturated heterocycles. The van der Waals surface area contributed by atoms with Gasteiger partial charge in [0.15, 0.2) is 0 Å². The lowest BCUT2D eigenvalue weighted by Gasteiger charge is -2.03. The molecule has 0 aliphatic heterocycles. The number of aromatic nitrogens is 2. The van der Waals surface area contributed by atoms with Gasteiger partial charge in [-0.15, -0.1) is 0 Å². The minimum Gasteiger partial charge on any atom is -0.448 e. The molecule has 1 aromatic heterocycles. The monoisotopic (exact) mass is 327 g/mol. The second kappa shape index (κ2) is 10.4. The highest BCUT2D eigenvalue weighted by Gasteiger charge is 1.99. The van der Waals surface area contributed by atoms with E-state index >= 15 is 0 Å². The van der Waals surface area contributed by atoms with Crippen molar-refractivity contribution in [2.24, 2.45) is 4.99 Å². The van der Waals surface area contributed by atoms with E-state index in [-0.39, 0.29) is 0 Å². The fraction of sp³-hybridized carbons (Fsp3) is 0.421. The fourth-order valence-corrected chi connectivity index (χ4v) is 2.33. The van der Waals surface area contributed by atoms with Crippen LogP contribution < -0.4 is 5.36 Å². The number of carbonyl (C=O) groups excluding carboxylic acids is 1. The molecule has 1 heterocycles. The Morgan fingerprint density at radius 2 is 1.83 bits per heavy atom. The molecular weight excluding hydrogens is 302 g/mol. The lowest BCUT2D eigenvalue weighted by molar-refractivity contribution is 0.154. The Bertz CT molecular complexity index is 660. The van der Waals surface area contributed by atoms with Crippen molar-refractivity contribution in [3.63, 3.8) is 0 Å². The molecule has 0 aliphatic carbocycles. The van der Waals surface area contributed by atoms with Gasteiger partial charge in [-0.25, -0.2) is 9.48 Å². The second-order valence-electron chi connectivity index (χ2n) is 5.66. The molecule has 1 aromatic carbocycles. The minimum atomic E-state index is -0.553. The topological polar surface area (TPSA) is 56.5 Å². The summed E-state index contributed by atoms with van der Waals surface area (Å²) in [6, 6.07) is 11.5. The molecule has 1 amide bonds. The third kappa shape index (κ3) is 6.36. The first-order valence-electron chi connectivity index (χ1n) is 8.61. The molecule has 0 atom stereocenters. The van der Waals surface area contributed by atoms with Gasteiger partial charge in [0.05, 0.1) is 23.8 Å². The predicted octanol–water partition coefficient (Wildman–Crippen LogP) is 4.27. The van der Waals surface area contributed by atoms with E-state index in [0.29, 0.717) is 12.0 Å². The molecule has 0 fully saturated rings. The first-order valence-corrected chi connectivity index (χ1v) is 8.61. The van der Waals surface area contributed by atoms with Crippen LogP contribution in [0.25, 0.3) is 5.69 Å². The Balaban J connectivity index is 1.78. The summed E-state index contributed by atoms with van der Waals surface area (Å²) < 4.78 is 6.85. The van der Waals surface area contributed by atoms with Crippen LogP contribution in [-0.4, -0.2) is 22.5 Å². The highest BCUT2D eigenvalue weighted by molar-refractivity contribution is 5.68. The lowest BCUT2D eigenvalue weighted by atomic mass is 10.1. The molecule has 0 N–H and O–H groups in total. The van der Waals surface area contributed by atoms with E-state index in [0.717, 1.165) is 18.5 Å². The summed E-state index contributed by atoms with van der Waals surface area (Å²) in [6.45, 7) is 2.63. The largest absolute Gasteiger partial charge is 0.448 e. The van der Waals surface area contributed by atoms with Crippen LogP contribution in [0.4, 0.5) is 4.79 Å². The van der Waals surface area contributed by atoms with Crippen LogP contribution in [0.1, 0.15) is 45.4 Å². The number of para-hydroxylation sites is 1. The van der Waals surface area contributed by atoms with E-state index in [4.69, 9.17) is 4.74 Å². The summed E-state index contributed by atoms with van der Waals surface area (Å²) in [6.07, 6.45) is 9.74. The number of carbonyl (C=O) groups is 1. The smallest absolute Gasteiger partial charge is 0.434 e. The van der Waals surface area contributed by atoms with Crippen molar-refractivity contribution in [1.82, 2.24) is 9.78 Å². The first kappa shape index (κ1) is 17.9. The van der Waals surface area contributed by atoms with Crippen molar-refractivity contribution in [1.29, 1.82) is 0 Å². The quantitative estimate of drug-likeness (QED) is 0.680. The van der Waals surface area contributed by atoms with Crippen molar-refractivity contribution in [2.45, 2.75) is 45.4 Å². The molecule has 0 unspecified atom stereocenters. The standard InChI is InChI=1S/C19H25N3O2/c1-2-3-4-5-6-10-15-24-19(23)21-17-13-14-22(20-16-17)18-11-8-7-9-12-18/h7-9,11-14,16H,2-6,10,15H2,1H3/b21-17+. The van der Waals surface area contributed by atoms with Gasteiger partial charge in [-0.3, -0.25) is 0 Å². The lowest BCUT2D eigenvalue weighted by Crippen LogP contribution is -2.12. The number of benzene rings is 1. The molecule has 2 rings (SSSR count). The summed E-state index contributed by atoms with van der Waals surface area (Å²) in [7, 11) is 0. The van der Waals surface area contributed by atoms with Gasteiger partial charge in [0.25, 0.3) is 0 Å². The summed E-state index contributed by atoms with van der Waals surface area (Å²) in [5.74, 6) is 0. The van der Waals surface area contributed by atoms with E-state index < -0.39 is 6.09 Å². The highest BCUT2D eigenvalue weighted by atomic mass is 16.5. The van der Waals surface area contributed by atoms with E-state index in [1.807, 2.05) is 30.3 Å². The maximum Gasteiger partial charge on any atom is 0.434 e. The average molecular weight is 327 g/mol. The molecule has 5 heteroatoms. The Hall–Kier alpha value is -2.43. The summed E-state index contributed by atoms with van der Waals surface area (Å²) in [5.41, 5.74) is 0.953. The third-order valence-electron chi connectivity index (χ3n) is 3.67. The van der Waals surface area contributed by atoms with Gasteiger partial charge in [0.1, 0.15) is 0 Å². The van der Waals surface area contributed by atoms with Gasteiger partial charge in [0.2, 0.25) is 0 Å². The van der Waals surface area contributed by atoms with Crippen LogP contribution >= 0.6 is 0 Å². The van der Waals surface area contributed by atoms with Crippen LogP contribution in [0.2, 0.25) is 0 Å². The van der Waals surface area contributed by atoms with Crippen molar-refractivity contribution in [3.8, 4) is 5.69 Å². The molecule has 0 bridgehead atoms. The normalized spacial score (nSPS) is 11.5. The number of ether oxygens (including phenoxy) is 1. The zero-order valence-electron chi connectivity index (χ0n) is 14.2. The number of hydrogen-bond donors (Lipinski definition) is 0. The van der Waals surface area contributed by atoms with Gasteiger partial charge in [-0.2, -0.15) is 10.1 Å². The summed E-state index contributed by atoms with van der Waals surface area (Å²) in [4.78, 5) is 15.6. The maximum atomic E-state index is 11.7. The summed E-state index contributed by atoms with van der Waals surface area (Å²) >= 11 is 0. The van der Waals surface area contributed by atoms with E-state index in [2.05, 4.69) is 17.0 Å². The van der Waals surface area contributed by atoms with Crippen molar-refractivity contribution < 1.29 is 9.53 Å². The Morgan fingerprint density at radius 3 is 2.54 bits per heavy atom.